The molecular weight excluding hydrogens is 326 g/mol. The Kier molecular flexibility index (Phi) is 5.91. The molecule has 0 radical (unpaired) electrons. The number of ether oxygens (including phenoxy) is 1. The molecule has 0 aliphatic carbocycles. The summed E-state index contributed by atoms with van der Waals surface area (Å²) in [5.41, 5.74) is 1.88. The number of rotatable bonds is 7. The Hall–Kier alpha value is -3.24. The lowest BCUT2D eigenvalue weighted by molar-refractivity contribution is 0.0190. The average Bonchev–Trinajstić information content (AvgIpc) is 2.72. The van der Waals surface area contributed by atoms with Crippen LogP contribution in [0.1, 0.15) is 26.3 Å². The van der Waals surface area contributed by atoms with Crippen LogP contribution in [0.4, 0.5) is 0 Å². The van der Waals surface area contributed by atoms with Gasteiger partial charge in [0.05, 0.1) is 6.61 Å². The normalized spacial score (nSPS) is 11.5. The molecule has 130 valence electrons. The van der Waals surface area contributed by atoms with Crippen molar-refractivity contribution in [1.82, 2.24) is 5.32 Å². The van der Waals surface area contributed by atoms with E-state index in [4.69, 9.17) is 4.74 Å². The van der Waals surface area contributed by atoms with Gasteiger partial charge >= 0.3 is 0 Å². The van der Waals surface area contributed by atoms with Crippen LogP contribution in [0, 0.1) is 0 Å². The second-order valence-corrected chi connectivity index (χ2v) is 5.75. The molecule has 1 N–H and O–H groups in total. The molecule has 1 atom stereocenters. The van der Waals surface area contributed by atoms with E-state index >= 15 is 0 Å². The van der Waals surface area contributed by atoms with Crippen molar-refractivity contribution in [2.24, 2.45) is 0 Å². The van der Waals surface area contributed by atoms with Crippen LogP contribution in [-0.2, 0) is 11.3 Å². The molecular formula is C22H19NO3. The van der Waals surface area contributed by atoms with Gasteiger partial charge in [-0.3, -0.25) is 9.59 Å². The van der Waals surface area contributed by atoms with Crippen LogP contribution in [0.2, 0.25) is 0 Å². The number of benzene rings is 3. The second kappa shape index (κ2) is 8.74. The topological polar surface area (TPSA) is 55.4 Å². The van der Waals surface area contributed by atoms with E-state index in [9.17, 15) is 9.59 Å². The lowest BCUT2D eigenvalue weighted by atomic mass is 10.1. The first-order chi connectivity index (χ1) is 12.7. The Labute approximate surface area is 152 Å². The first kappa shape index (κ1) is 17.6. The summed E-state index contributed by atoms with van der Waals surface area (Å²) >= 11 is 0. The van der Waals surface area contributed by atoms with E-state index in [0.717, 1.165) is 5.56 Å². The van der Waals surface area contributed by atoms with Gasteiger partial charge in [0.15, 0.2) is 6.23 Å². The van der Waals surface area contributed by atoms with E-state index < -0.39 is 6.23 Å². The summed E-state index contributed by atoms with van der Waals surface area (Å²) in [6.07, 6.45) is -1.06. The number of nitrogens with one attached hydrogen (secondary N) is 1. The molecule has 3 aromatic rings. The quantitative estimate of drug-likeness (QED) is 0.523. The molecule has 26 heavy (non-hydrogen) atoms. The largest absolute Gasteiger partial charge is 0.346 e. The van der Waals surface area contributed by atoms with Gasteiger partial charge in [-0.1, -0.05) is 78.9 Å². The zero-order chi connectivity index (χ0) is 18.2. The summed E-state index contributed by atoms with van der Waals surface area (Å²) in [4.78, 5) is 25.3. The smallest absolute Gasteiger partial charge is 0.253 e. The van der Waals surface area contributed by atoms with Crippen LogP contribution < -0.4 is 5.32 Å². The van der Waals surface area contributed by atoms with Crippen molar-refractivity contribution in [3.05, 3.63) is 108 Å². The fourth-order valence-corrected chi connectivity index (χ4v) is 2.48. The summed E-state index contributed by atoms with van der Waals surface area (Å²) in [7, 11) is 0. The van der Waals surface area contributed by atoms with Gasteiger partial charge in [0.25, 0.3) is 5.91 Å². The summed E-state index contributed by atoms with van der Waals surface area (Å²) in [5, 5.41) is 2.69. The number of carbonyl (C=O) groups excluding carboxylic acids is 2. The summed E-state index contributed by atoms with van der Waals surface area (Å²) < 4.78 is 5.76. The van der Waals surface area contributed by atoms with Crippen LogP contribution in [0.15, 0.2) is 91.0 Å². The number of Topliss-reactive ketones (excluding diaryl/α,β-unsaturated/α-hetero) is 1. The van der Waals surface area contributed by atoms with E-state index in [0.29, 0.717) is 11.1 Å². The fourth-order valence-electron chi connectivity index (χ4n) is 2.48. The third-order valence-corrected chi connectivity index (χ3v) is 3.85. The Morgan fingerprint density at radius 3 is 1.81 bits per heavy atom. The molecule has 0 fully saturated rings. The molecule has 0 spiro atoms. The zero-order valence-electron chi connectivity index (χ0n) is 14.2. The van der Waals surface area contributed by atoms with Crippen molar-refractivity contribution in [1.29, 1.82) is 0 Å². The van der Waals surface area contributed by atoms with E-state index in [1.165, 1.54) is 0 Å². The summed E-state index contributed by atoms with van der Waals surface area (Å²) in [6.45, 7) is 0.221. The Bertz CT molecular complexity index is 848. The molecule has 0 bridgehead atoms. The maximum Gasteiger partial charge on any atom is 0.253 e. The van der Waals surface area contributed by atoms with Crippen LogP contribution in [0.5, 0.6) is 0 Å². The van der Waals surface area contributed by atoms with Gasteiger partial charge in [-0.25, -0.2) is 0 Å². The highest BCUT2D eigenvalue weighted by Crippen LogP contribution is 2.09. The Morgan fingerprint density at radius 2 is 1.23 bits per heavy atom. The van der Waals surface area contributed by atoms with Crippen molar-refractivity contribution in [3.8, 4) is 0 Å². The maximum absolute atomic E-state index is 12.8. The van der Waals surface area contributed by atoms with Gasteiger partial charge in [0, 0.05) is 11.1 Å². The number of hydrogen-bond donors (Lipinski definition) is 1. The summed E-state index contributed by atoms with van der Waals surface area (Å²) in [5.74, 6) is -0.640. The van der Waals surface area contributed by atoms with Crippen LogP contribution in [-0.4, -0.2) is 17.9 Å². The van der Waals surface area contributed by atoms with Crippen LogP contribution in [0.3, 0.4) is 0 Å². The SMILES string of the molecule is O=C(N[C@@H](OCc1ccccc1)C(=O)c1ccccc1)c1ccccc1. The molecule has 0 aliphatic rings. The predicted octanol–water partition coefficient (Wildman–Crippen LogP) is 3.84. The van der Waals surface area contributed by atoms with Crippen molar-refractivity contribution in [3.63, 3.8) is 0 Å². The molecule has 0 heterocycles. The van der Waals surface area contributed by atoms with Gasteiger partial charge < -0.3 is 10.1 Å². The lowest BCUT2D eigenvalue weighted by Gasteiger charge is -2.18. The average molecular weight is 345 g/mol. The molecule has 3 aromatic carbocycles. The standard InChI is InChI=1S/C22H19NO3/c24-20(18-12-6-2-7-13-18)22(26-16-17-10-4-1-5-11-17)23-21(25)19-14-8-3-9-15-19/h1-15,22H,16H2,(H,23,25)/t22-/m0/s1. The molecule has 4 nitrogen and oxygen atoms in total. The second-order valence-electron chi connectivity index (χ2n) is 5.75. The summed E-state index contributed by atoms with van der Waals surface area (Å²) in [6, 6.07) is 27.1. The molecule has 0 aliphatic heterocycles. The minimum Gasteiger partial charge on any atom is -0.346 e. The highest BCUT2D eigenvalue weighted by molar-refractivity contribution is 6.03. The first-order valence-electron chi connectivity index (χ1n) is 8.35. The van der Waals surface area contributed by atoms with Crippen molar-refractivity contribution < 1.29 is 14.3 Å². The highest BCUT2D eigenvalue weighted by atomic mass is 16.5. The number of ketones is 1. The number of hydrogen-bond acceptors (Lipinski definition) is 3. The Morgan fingerprint density at radius 1 is 0.731 bits per heavy atom. The van der Waals surface area contributed by atoms with E-state index in [-0.39, 0.29) is 18.3 Å². The van der Waals surface area contributed by atoms with Gasteiger partial charge in [0.1, 0.15) is 0 Å². The molecule has 4 heteroatoms. The number of amides is 1. The van der Waals surface area contributed by atoms with Gasteiger partial charge in [-0.05, 0) is 17.7 Å². The highest BCUT2D eigenvalue weighted by Gasteiger charge is 2.23. The third-order valence-electron chi connectivity index (χ3n) is 3.85. The van der Waals surface area contributed by atoms with Crippen molar-refractivity contribution >= 4 is 11.7 Å². The molecule has 0 saturated carbocycles. The minimum atomic E-state index is -1.06. The molecule has 0 aromatic heterocycles. The van der Waals surface area contributed by atoms with Gasteiger partial charge in [-0.15, -0.1) is 0 Å². The lowest BCUT2D eigenvalue weighted by Crippen LogP contribution is -2.42. The van der Waals surface area contributed by atoms with Crippen LogP contribution in [0.25, 0.3) is 0 Å². The predicted molar refractivity (Wildman–Crippen MR) is 99.7 cm³/mol. The molecule has 0 saturated heterocycles. The van der Waals surface area contributed by atoms with E-state index in [2.05, 4.69) is 5.32 Å². The van der Waals surface area contributed by atoms with Gasteiger partial charge in [-0.2, -0.15) is 0 Å². The molecule has 0 unspecified atom stereocenters. The third kappa shape index (κ3) is 4.65. The minimum absolute atomic E-state index is 0.221. The maximum atomic E-state index is 12.8. The monoisotopic (exact) mass is 345 g/mol. The van der Waals surface area contributed by atoms with Crippen molar-refractivity contribution in [2.75, 3.05) is 0 Å². The Balaban J connectivity index is 1.76. The van der Waals surface area contributed by atoms with E-state index in [1.807, 2.05) is 42.5 Å². The number of carbonyl (C=O) groups is 2. The van der Waals surface area contributed by atoms with Crippen LogP contribution >= 0.6 is 0 Å². The zero-order valence-corrected chi connectivity index (χ0v) is 14.2. The molecule has 1 amide bonds. The van der Waals surface area contributed by atoms with Gasteiger partial charge in [0.2, 0.25) is 5.78 Å². The fraction of sp³-hybridized carbons (Fsp3) is 0.0909. The first-order valence-corrected chi connectivity index (χ1v) is 8.35. The van der Waals surface area contributed by atoms with Crippen molar-refractivity contribution in [2.45, 2.75) is 12.8 Å². The molecule has 3 rings (SSSR count). The van der Waals surface area contributed by atoms with E-state index in [1.54, 1.807) is 48.5 Å².